The molecule has 0 saturated carbocycles. The van der Waals surface area contributed by atoms with Crippen molar-refractivity contribution in [2.75, 3.05) is 13.1 Å². The van der Waals surface area contributed by atoms with Crippen LogP contribution in [-0.4, -0.2) is 29.9 Å². The lowest BCUT2D eigenvalue weighted by Gasteiger charge is -2.28. The number of likely N-dealkylation sites (tertiary alicyclic amines) is 1. The minimum absolute atomic E-state index is 0.114. The molecule has 2 aliphatic heterocycles. The average molecular weight is 309 g/mol. The second kappa shape index (κ2) is 6.30. The molecule has 23 heavy (non-hydrogen) atoms. The molecular weight excluding hydrogens is 286 g/mol. The van der Waals surface area contributed by atoms with Gasteiger partial charge in [-0.25, -0.2) is 10.9 Å². The standard InChI is InChI=1S/C19H23N3O/c23-19(22-11-4-1-5-12-22)18-13-17(20-21-18)16-10-6-8-14-7-2-3-9-15(14)16/h2-3,6-10,17-18,20-21H,1,4-5,11-13H2. The van der Waals surface area contributed by atoms with Crippen molar-refractivity contribution in [3.05, 3.63) is 48.0 Å². The van der Waals surface area contributed by atoms with Crippen LogP contribution < -0.4 is 10.9 Å². The van der Waals surface area contributed by atoms with Crippen LogP contribution in [0, 0.1) is 0 Å². The second-order valence-electron chi connectivity index (χ2n) is 6.58. The van der Waals surface area contributed by atoms with Crippen molar-refractivity contribution >= 4 is 16.7 Å². The number of hydrazine groups is 1. The summed E-state index contributed by atoms with van der Waals surface area (Å²) < 4.78 is 0. The van der Waals surface area contributed by atoms with Crippen LogP contribution >= 0.6 is 0 Å². The maximum Gasteiger partial charge on any atom is 0.241 e. The Morgan fingerprint density at radius 3 is 2.61 bits per heavy atom. The Morgan fingerprint density at radius 2 is 1.74 bits per heavy atom. The van der Waals surface area contributed by atoms with Crippen LogP contribution in [0.25, 0.3) is 10.8 Å². The molecular formula is C19H23N3O. The number of piperidine rings is 1. The molecule has 2 atom stereocenters. The van der Waals surface area contributed by atoms with E-state index in [4.69, 9.17) is 0 Å². The van der Waals surface area contributed by atoms with Gasteiger partial charge in [0.05, 0.1) is 0 Å². The summed E-state index contributed by atoms with van der Waals surface area (Å²) in [6, 6.07) is 14.9. The predicted molar refractivity (Wildman–Crippen MR) is 91.8 cm³/mol. The molecule has 2 aromatic rings. The molecule has 2 saturated heterocycles. The first kappa shape index (κ1) is 14.7. The molecule has 0 aliphatic carbocycles. The van der Waals surface area contributed by atoms with Gasteiger partial charge in [0.25, 0.3) is 0 Å². The fourth-order valence-electron chi connectivity index (χ4n) is 3.81. The Labute approximate surface area is 136 Å². The van der Waals surface area contributed by atoms with Crippen molar-refractivity contribution in [2.45, 2.75) is 37.8 Å². The van der Waals surface area contributed by atoms with E-state index in [0.29, 0.717) is 0 Å². The molecule has 1 amide bonds. The predicted octanol–water partition coefficient (Wildman–Crippen LogP) is 2.76. The zero-order valence-corrected chi connectivity index (χ0v) is 13.3. The van der Waals surface area contributed by atoms with Crippen molar-refractivity contribution in [3.8, 4) is 0 Å². The summed E-state index contributed by atoms with van der Waals surface area (Å²) in [5.41, 5.74) is 7.83. The van der Waals surface area contributed by atoms with E-state index in [0.717, 1.165) is 32.4 Å². The number of carbonyl (C=O) groups excluding carboxylic acids is 1. The number of benzene rings is 2. The molecule has 2 unspecified atom stereocenters. The first-order valence-electron chi connectivity index (χ1n) is 8.60. The summed E-state index contributed by atoms with van der Waals surface area (Å²) in [5, 5.41) is 2.51. The average Bonchev–Trinajstić information content (AvgIpc) is 3.11. The van der Waals surface area contributed by atoms with Crippen molar-refractivity contribution in [2.24, 2.45) is 0 Å². The van der Waals surface area contributed by atoms with Crippen molar-refractivity contribution < 1.29 is 4.79 Å². The van der Waals surface area contributed by atoms with E-state index >= 15 is 0 Å². The molecule has 0 aromatic heterocycles. The lowest BCUT2D eigenvalue weighted by Crippen LogP contribution is -2.47. The number of nitrogens with zero attached hydrogens (tertiary/aromatic N) is 1. The molecule has 4 rings (SSSR count). The first-order valence-corrected chi connectivity index (χ1v) is 8.60. The van der Waals surface area contributed by atoms with Crippen LogP contribution in [0.4, 0.5) is 0 Å². The number of hydrogen-bond donors (Lipinski definition) is 2. The van der Waals surface area contributed by atoms with Crippen LogP contribution in [0.2, 0.25) is 0 Å². The summed E-state index contributed by atoms with van der Waals surface area (Å²) in [6.07, 6.45) is 4.33. The Bertz CT molecular complexity index is 703. The van der Waals surface area contributed by atoms with Crippen molar-refractivity contribution in [1.29, 1.82) is 0 Å². The Hall–Kier alpha value is -1.91. The number of hydrogen-bond acceptors (Lipinski definition) is 3. The highest BCUT2D eigenvalue weighted by molar-refractivity contribution is 5.87. The van der Waals surface area contributed by atoms with Gasteiger partial charge in [-0.2, -0.15) is 0 Å². The largest absolute Gasteiger partial charge is 0.341 e. The van der Waals surface area contributed by atoms with Crippen molar-refractivity contribution in [3.63, 3.8) is 0 Å². The monoisotopic (exact) mass is 309 g/mol. The molecule has 2 fully saturated rings. The lowest BCUT2D eigenvalue weighted by atomic mass is 9.95. The summed E-state index contributed by atoms with van der Waals surface area (Å²) in [6.45, 7) is 1.83. The number of carbonyl (C=O) groups is 1. The molecule has 120 valence electrons. The smallest absolute Gasteiger partial charge is 0.241 e. The fourth-order valence-corrected chi connectivity index (χ4v) is 3.81. The molecule has 0 spiro atoms. The van der Waals surface area contributed by atoms with Gasteiger partial charge < -0.3 is 4.90 Å². The minimum Gasteiger partial charge on any atom is -0.341 e. The zero-order chi connectivity index (χ0) is 15.6. The number of nitrogens with one attached hydrogen (secondary N) is 2. The highest BCUT2D eigenvalue weighted by Gasteiger charge is 2.33. The van der Waals surface area contributed by atoms with E-state index in [1.54, 1.807) is 0 Å². The summed E-state index contributed by atoms with van der Waals surface area (Å²) in [4.78, 5) is 14.7. The molecule has 4 heteroatoms. The van der Waals surface area contributed by atoms with Crippen LogP contribution in [0.3, 0.4) is 0 Å². The Kier molecular flexibility index (Phi) is 4.02. The number of rotatable bonds is 2. The molecule has 2 heterocycles. The normalized spacial score (nSPS) is 25.0. The number of fused-ring (bicyclic) bond motifs is 1. The lowest BCUT2D eigenvalue weighted by molar-refractivity contribution is -0.134. The van der Waals surface area contributed by atoms with E-state index in [9.17, 15) is 4.79 Å². The van der Waals surface area contributed by atoms with Crippen LogP contribution in [0.5, 0.6) is 0 Å². The van der Waals surface area contributed by atoms with E-state index < -0.39 is 0 Å². The maximum atomic E-state index is 12.7. The summed E-state index contributed by atoms with van der Waals surface area (Å²) in [7, 11) is 0. The van der Waals surface area contributed by atoms with Crippen LogP contribution in [-0.2, 0) is 4.79 Å². The fraction of sp³-hybridized carbons (Fsp3) is 0.421. The first-order chi connectivity index (χ1) is 11.3. The third kappa shape index (κ3) is 2.84. The molecule has 2 N–H and O–H groups in total. The van der Waals surface area contributed by atoms with Gasteiger partial charge in [0.1, 0.15) is 6.04 Å². The van der Waals surface area contributed by atoms with E-state index in [1.165, 1.54) is 22.8 Å². The van der Waals surface area contributed by atoms with Crippen LogP contribution in [0.15, 0.2) is 42.5 Å². The van der Waals surface area contributed by atoms with Gasteiger partial charge >= 0.3 is 0 Å². The van der Waals surface area contributed by atoms with Crippen molar-refractivity contribution in [1.82, 2.24) is 15.8 Å². The van der Waals surface area contributed by atoms with E-state index in [-0.39, 0.29) is 18.0 Å². The van der Waals surface area contributed by atoms with Gasteiger partial charge in [-0.15, -0.1) is 0 Å². The summed E-state index contributed by atoms with van der Waals surface area (Å²) >= 11 is 0. The van der Waals surface area contributed by atoms with Gasteiger partial charge in [-0.3, -0.25) is 4.79 Å². The Morgan fingerprint density at radius 1 is 0.957 bits per heavy atom. The van der Waals surface area contributed by atoms with Gasteiger partial charge in [-0.05, 0) is 42.0 Å². The molecule has 0 radical (unpaired) electrons. The summed E-state index contributed by atoms with van der Waals surface area (Å²) in [5.74, 6) is 0.250. The SMILES string of the molecule is O=C(C1CC(c2cccc3ccccc23)NN1)N1CCCCC1. The molecule has 0 bridgehead atoms. The maximum absolute atomic E-state index is 12.7. The van der Waals surface area contributed by atoms with Gasteiger partial charge in [-0.1, -0.05) is 42.5 Å². The third-order valence-electron chi connectivity index (χ3n) is 5.07. The van der Waals surface area contributed by atoms with Gasteiger partial charge in [0.15, 0.2) is 0 Å². The van der Waals surface area contributed by atoms with E-state index in [1.807, 2.05) is 4.90 Å². The van der Waals surface area contributed by atoms with Crippen LogP contribution in [0.1, 0.15) is 37.3 Å². The minimum atomic E-state index is -0.114. The van der Waals surface area contributed by atoms with Gasteiger partial charge in [0, 0.05) is 19.1 Å². The number of amides is 1. The molecule has 2 aliphatic rings. The highest BCUT2D eigenvalue weighted by Crippen LogP contribution is 2.29. The quantitative estimate of drug-likeness (QED) is 0.896. The topological polar surface area (TPSA) is 44.4 Å². The highest BCUT2D eigenvalue weighted by atomic mass is 16.2. The van der Waals surface area contributed by atoms with E-state index in [2.05, 4.69) is 53.3 Å². The zero-order valence-electron chi connectivity index (χ0n) is 13.3. The van der Waals surface area contributed by atoms with Gasteiger partial charge in [0.2, 0.25) is 5.91 Å². The Balaban J connectivity index is 1.52. The third-order valence-corrected chi connectivity index (χ3v) is 5.07. The molecule has 4 nitrogen and oxygen atoms in total. The second-order valence-corrected chi connectivity index (χ2v) is 6.58. The molecule has 2 aromatic carbocycles.